The summed E-state index contributed by atoms with van der Waals surface area (Å²) < 4.78 is 0. The molecule has 1 heterocycles. The molecule has 0 aromatic heterocycles. The number of rotatable bonds is 4. The summed E-state index contributed by atoms with van der Waals surface area (Å²) in [7, 11) is 0. The van der Waals surface area contributed by atoms with Gasteiger partial charge in [0.15, 0.2) is 0 Å². The van der Waals surface area contributed by atoms with Gasteiger partial charge >= 0.3 is 5.97 Å². The Labute approximate surface area is 106 Å². The summed E-state index contributed by atoms with van der Waals surface area (Å²) in [6.07, 6.45) is 5.41. The molecule has 1 amide bonds. The highest BCUT2D eigenvalue weighted by atomic mass is 16.4. The van der Waals surface area contributed by atoms with E-state index < -0.39 is 18.6 Å². The lowest BCUT2D eigenvalue weighted by molar-refractivity contribution is -0.143. The summed E-state index contributed by atoms with van der Waals surface area (Å²) in [4.78, 5) is 22.7. The normalized spacial score (nSPS) is 32.6. The third-order valence-electron chi connectivity index (χ3n) is 3.98. The molecule has 2 rings (SSSR count). The predicted octanol–water partition coefficient (Wildman–Crippen LogP) is -0.531. The van der Waals surface area contributed by atoms with Crippen molar-refractivity contribution in [1.82, 2.24) is 10.6 Å². The number of aliphatic carboxylic acids is 1. The lowest BCUT2D eigenvalue weighted by atomic mass is 9.85. The van der Waals surface area contributed by atoms with Crippen molar-refractivity contribution in [3.8, 4) is 0 Å². The SMILES string of the molecule is O=C(N[C@H](CO)C(=O)O)C1CC2CCCCC2N1. The molecule has 6 nitrogen and oxygen atoms in total. The van der Waals surface area contributed by atoms with Crippen LogP contribution in [0, 0.1) is 5.92 Å². The molecule has 0 spiro atoms. The maximum absolute atomic E-state index is 11.9. The number of hydrogen-bond acceptors (Lipinski definition) is 4. The van der Waals surface area contributed by atoms with Gasteiger partial charge in [0.2, 0.25) is 5.91 Å². The number of aliphatic hydroxyl groups excluding tert-OH is 1. The van der Waals surface area contributed by atoms with Crippen LogP contribution in [0.5, 0.6) is 0 Å². The molecule has 2 fully saturated rings. The predicted molar refractivity (Wildman–Crippen MR) is 63.9 cm³/mol. The molecule has 6 heteroatoms. The Balaban J connectivity index is 1.88. The molecule has 1 saturated heterocycles. The Hall–Kier alpha value is -1.14. The van der Waals surface area contributed by atoms with Crippen molar-refractivity contribution in [3.05, 3.63) is 0 Å². The van der Waals surface area contributed by atoms with Gasteiger partial charge in [-0.05, 0) is 25.2 Å². The first kappa shape index (κ1) is 13.3. The molecule has 1 aliphatic carbocycles. The molecule has 1 saturated carbocycles. The topological polar surface area (TPSA) is 98.7 Å². The van der Waals surface area contributed by atoms with Crippen LogP contribution in [0.3, 0.4) is 0 Å². The largest absolute Gasteiger partial charge is 0.480 e. The minimum absolute atomic E-state index is 0.313. The number of aliphatic hydroxyl groups is 1. The highest BCUT2D eigenvalue weighted by molar-refractivity contribution is 5.87. The van der Waals surface area contributed by atoms with E-state index in [9.17, 15) is 9.59 Å². The number of carboxylic acids is 1. The van der Waals surface area contributed by atoms with Gasteiger partial charge in [-0.25, -0.2) is 4.79 Å². The van der Waals surface area contributed by atoms with E-state index in [1.807, 2.05) is 0 Å². The van der Waals surface area contributed by atoms with Crippen molar-refractivity contribution in [3.63, 3.8) is 0 Å². The van der Waals surface area contributed by atoms with Gasteiger partial charge in [-0.1, -0.05) is 12.8 Å². The molecule has 0 radical (unpaired) electrons. The van der Waals surface area contributed by atoms with Crippen molar-refractivity contribution in [2.45, 2.75) is 50.2 Å². The van der Waals surface area contributed by atoms with E-state index in [0.29, 0.717) is 12.0 Å². The molecule has 0 bridgehead atoms. The van der Waals surface area contributed by atoms with Crippen molar-refractivity contribution in [1.29, 1.82) is 0 Å². The number of amides is 1. The summed E-state index contributed by atoms with van der Waals surface area (Å²) in [5, 5.41) is 23.3. The fourth-order valence-electron chi connectivity index (χ4n) is 2.98. The van der Waals surface area contributed by atoms with Gasteiger partial charge in [0.05, 0.1) is 12.6 Å². The van der Waals surface area contributed by atoms with Crippen LogP contribution < -0.4 is 10.6 Å². The van der Waals surface area contributed by atoms with E-state index in [1.54, 1.807) is 0 Å². The molecule has 0 aromatic rings. The van der Waals surface area contributed by atoms with Crippen LogP contribution in [0.1, 0.15) is 32.1 Å². The number of hydrogen-bond donors (Lipinski definition) is 4. The second kappa shape index (κ2) is 5.67. The lowest BCUT2D eigenvalue weighted by Gasteiger charge is -2.24. The van der Waals surface area contributed by atoms with Crippen LogP contribution in [0.2, 0.25) is 0 Å². The minimum Gasteiger partial charge on any atom is -0.480 e. The van der Waals surface area contributed by atoms with Crippen LogP contribution in [-0.4, -0.2) is 46.8 Å². The zero-order chi connectivity index (χ0) is 13.1. The molecule has 18 heavy (non-hydrogen) atoms. The van der Waals surface area contributed by atoms with Gasteiger partial charge in [-0.2, -0.15) is 0 Å². The van der Waals surface area contributed by atoms with E-state index in [0.717, 1.165) is 19.3 Å². The smallest absolute Gasteiger partial charge is 0.328 e. The van der Waals surface area contributed by atoms with Gasteiger partial charge in [0.1, 0.15) is 6.04 Å². The average Bonchev–Trinajstić information content (AvgIpc) is 2.79. The highest BCUT2D eigenvalue weighted by Gasteiger charge is 2.38. The number of carboxylic acid groups (broad SMARTS) is 1. The first-order valence-electron chi connectivity index (χ1n) is 6.52. The summed E-state index contributed by atoms with van der Waals surface area (Å²) >= 11 is 0. The van der Waals surface area contributed by atoms with Gasteiger partial charge < -0.3 is 20.8 Å². The molecule has 1 aliphatic heterocycles. The highest BCUT2D eigenvalue weighted by Crippen LogP contribution is 2.33. The molecule has 2 aliphatic rings. The molecule has 3 unspecified atom stereocenters. The van der Waals surface area contributed by atoms with Gasteiger partial charge in [0.25, 0.3) is 0 Å². The second-order valence-corrected chi connectivity index (χ2v) is 5.19. The number of carbonyl (C=O) groups is 2. The molecular weight excluding hydrogens is 236 g/mol. The molecule has 4 atom stereocenters. The lowest BCUT2D eigenvalue weighted by Crippen LogP contribution is -2.50. The van der Waals surface area contributed by atoms with Crippen molar-refractivity contribution >= 4 is 11.9 Å². The van der Waals surface area contributed by atoms with Crippen LogP contribution in [0.4, 0.5) is 0 Å². The number of nitrogens with one attached hydrogen (secondary N) is 2. The fraction of sp³-hybridized carbons (Fsp3) is 0.833. The molecule has 102 valence electrons. The Kier molecular flexibility index (Phi) is 4.19. The van der Waals surface area contributed by atoms with E-state index in [4.69, 9.17) is 10.2 Å². The van der Waals surface area contributed by atoms with Crippen LogP contribution in [-0.2, 0) is 9.59 Å². The Morgan fingerprint density at radius 2 is 2.06 bits per heavy atom. The van der Waals surface area contributed by atoms with Gasteiger partial charge in [-0.15, -0.1) is 0 Å². The first-order valence-corrected chi connectivity index (χ1v) is 6.52. The summed E-state index contributed by atoms with van der Waals surface area (Å²) in [6, 6.07) is -1.12. The first-order chi connectivity index (χ1) is 8.61. The molecule has 4 N–H and O–H groups in total. The Morgan fingerprint density at radius 3 is 2.67 bits per heavy atom. The minimum atomic E-state index is -1.21. The summed E-state index contributed by atoms with van der Waals surface area (Å²) in [5.74, 6) is -0.987. The van der Waals surface area contributed by atoms with Gasteiger partial charge in [-0.3, -0.25) is 4.79 Å². The van der Waals surface area contributed by atoms with Crippen molar-refractivity contribution < 1.29 is 19.8 Å². The zero-order valence-electron chi connectivity index (χ0n) is 10.3. The monoisotopic (exact) mass is 256 g/mol. The fourth-order valence-corrected chi connectivity index (χ4v) is 2.98. The quantitative estimate of drug-likeness (QED) is 0.542. The van der Waals surface area contributed by atoms with Crippen LogP contribution in [0.25, 0.3) is 0 Å². The molecule has 0 aromatic carbocycles. The molecular formula is C12H20N2O4. The average molecular weight is 256 g/mol. The zero-order valence-corrected chi connectivity index (χ0v) is 10.3. The number of fused-ring (bicyclic) bond motifs is 1. The standard InChI is InChI=1S/C12H20N2O4/c15-6-10(12(17)18)14-11(16)9-5-7-3-1-2-4-8(7)13-9/h7-10,13,15H,1-6H2,(H,14,16)(H,17,18)/t7?,8?,9?,10-/m1/s1. The maximum Gasteiger partial charge on any atom is 0.328 e. The van der Waals surface area contributed by atoms with Crippen LogP contribution in [0.15, 0.2) is 0 Å². The van der Waals surface area contributed by atoms with E-state index >= 15 is 0 Å². The third-order valence-corrected chi connectivity index (χ3v) is 3.98. The Morgan fingerprint density at radius 1 is 1.33 bits per heavy atom. The Bertz CT molecular complexity index is 320. The second-order valence-electron chi connectivity index (χ2n) is 5.19. The van der Waals surface area contributed by atoms with E-state index in [1.165, 1.54) is 12.8 Å². The summed E-state index contributed by atoms with van der Waals surface area (Å²) in [6.45, 7) is -0.583. The van der Waals surface area contributed by atoms with Gasteiger partial charge in [0, 0.05) is 6.04 Å². The van der Waals surface area contributed by atoms with Crippen molar-refractivity contribution in [2.24, 2.45) is 5.92 Å². The van der Waals surface area contributed by atoms with E-state index in [2.05, 4.69) is 10.6 Å². The summed E-state index contributed by atoms with van der Waals surface area (Å²) in [5.41, 5.74) is 0. The number of carbonyl (C=O) groups excluding carboxylic acids is 1. The van der Waals surface area contributed by atoms with Crippen LogP contribution >= 0.6 is 0 Å². The van der Waals surface area contributed by atoms with Crippen molar-refractivity contribution in [2.75, 3.05) is 6.61 Å². The third kappa shape index (κ3) is 2.81. The maximum atomic E-state index is 11.9. The van der Waals surface area contributed by atoms with E-state index in [-0.39, 0.29) is 11.9 Å².